The standard InChI is InChI=1S/C22H19ClO5/c1-12-5-18-15(9-21(24)28-20(18)6-13(12)2)10-27-22(25)16-7-14-8-17(23)3-4-19(14)26-11-16/h3-6,8-9,16H,7,10-11H2,1-2H3/t16-/m1/s1. The number of carbonyl (C=O) groups is 1. The summed E-state index contributed by atoms with van der Waals surface area (Å²) in [6.45, 7) is 4.19. The normalized spacial score (nSPS) is 15.8. The maximum Gasteiger partial charge on any atom is 0.336 e. The van der Waals surface area contributed by atoms with Gasteiger partial charge in [-0.1, -0.05) is 11.6 Å². The Bertz CT molecular complexity index is 1130. The molecule has 5 nitrogen and oxygen atoms in total. The lowest BCUT2D eigenvalue weighted by atomic mass is 9.97. The van der Waals surface area contributed by atoms with Crippen molar-refractivity contribution in [3.8, 4) is 5.75 Å². The van der Waals surface area contributed by atoms with Gasteiger partial charge in [0.2, 0.25) is 0 Å². The number of carbonyl (C=O) groups excluding carboxylic acids is 1. The van der Waals surface area contributed by atoms with Gasteiger partial charge in [-0.25, -0.2) is 4.79 Å². The van der Waals surface area contributed by atoms with Crippen LogP contribution in [-0.2, 0) is 22.6 Å². The second-order valence-corrected chi connectivity index (χ2v) is 7.53. The average Bonchev–Trinajstić information content (AvgIpc) is 2.66. The summed E-state index contributed by atoms with van der Waals surface area (Å²) in [5.74, 6) is -0.0388. The molecule has 0 aliphatic carbocycles. The van der Waals surface area contributed by atoms with Crippen LogP contribution < -0.4 is 10.4 Å². The molecule has 2 heterocycles. The summed E-state index contributed by atoms with van der Waals surface area (Å²) in [6.07, 6.45) is 0.505. The summed E-state index contributed by atoms with van der Waals surface area (Å²) >= 11 is 6.03. The first-order chi connectivity index (χ1) is 13.4. The Kier molecular flexibility index (Phi) is 4.85. The van der Waals surface area contributed by atoms with Crippen LogP contribution in [0.15, 0.2) is 45.6 Å². The Morgan fingerprint density at radius 2 is 1.96 bits per heavy atom. The molecule has 0 spiro atoms. The van der Waals surface area contributed by atoms with Crippen molar-refractivity contribution in [1.82, 2.24) is 0 Å². The Hall–Kier alpha value is -2.79. The molecule has 28 heavy (non-hydrogen) atoms. The summed E-state index contributed by atoms with van der Waals surface area (Å²) in [5, 5.41) is 1.37. The predicted molar refractivity (Wildman–Crippen MR) is 106 cm³/mol. The van der Waals surface area contributed by atoms with Gasteiger partial charge in [0.1, 0.15) is 24.5 Å². The van der Waals surface area contributed by atoms with Crippen molar-refractivity contribution < 1.29 is 18.7 Å². The summed E-state index contributed by atoms with van der Waals surface area (Å²) < 4.78 is 16.5. The van der Waals surface area contributed by atoms with Gasteiger partial charge in [0.05, 0.1) is 5.92 Å². The molecule has 1 atom stereocenters. The molecule has 0 unspecified atom stereocenters. The highest BCUT2D eigenvalue weighted by molar-refractivity contribution is 6.30. The topological polar surface area (TPSA) is 65.7 Å². The lowest BCUT2D eigenvalue weighted by molar-refractivity contribution is -0.151. The van der Waals surface area contributed by atoms with Gasteiger partial charge in [-0.15, -0.1) is 0 Å². The van der Waals surface area contributed by atoms with Gasteiger partial charge in [0.15, 0.2) is 0 Å². The number of hydrogen-bond donors (Lipinski definition) is 0. The van der Waals surface area contributed by atoms with E-state index in [4.69, 9.17) is 25.5 Å². The van der Waals surface area contributed by atoms with E-state index in [9.17, 15) is 9.59 Å². The van der Waals surface area contributed by atoms with Crippen molar-refractivity contribution in [2.75, 3.05) is 6.61 Å². The molecule has 1 aromatic heterocycles. The van der Waals surface area contributed by atoms with Crippen LogP contribution in [0.25, 0.3) is 11.0 Å². The van der Waals surface area contributed by atoms with Crippen molar-refractivity contribution in [1.29, 1.82) is 0 Å². The number of esters is 1. The summed E-state index contributed by atoms with van der Waals surface area (Å²) in [5.41, 5.74) is 3.64. The molecule has 0 bridgehead atoms. The first-order valence-electron chi connectivity index (χ1n) is 9.02. The van der Waals surface area contributed by atoms with Crippen molar-refractivity contribution in [2.45, 2.75) is 26.9 Å². The highest BCUT2D eigenvalue weighted by atomic mass is 35.5. The molecule has 4 rings (SSSR count). The van der Waals surface area contributed by atoms with E-state index in [2.05, 4.69) is 0 Å². The minimum Gasteiger partial charge on any atom is -0.492 e. The fraction of sp³-hybridized carbons (Fsp3) is 0.273. The monoisotopic (exact) mass is 398 g/mol. The Balaban J connectivity index is 1.53. The number of hydrogen-bond acceptors (Lipinski definition) is 5. The van der Waals surface area contributed by atoms with Crippen LogP contribution in [0.5, 0.6) is 5.75 Å². The molecule has 144 valence electrons. The Morgan fingerprint density at radius 3 is 2.79 bits per heavy atom. The molecule has 0 radical (unpaired) electrons. The van der Waals surface area contributed by atoms with Gasteiger partial charge >= 0.3 is 11.6 Å². The molecule has 0 fully saturated rings. The minimum atomic E-state index is -0.466. The highest BCUT2D eigenvalue weighted by Crippen LogP contribution is 2.30. The van der Waals surface area contributed by atoms with Crippen LogP contribution in [0.1, 0.15) is 22.3 Å². The van der Waals surface area contributed by atoms with Crippen LogP contribution in [-0.4, -0.2) is 12.6 Å². The van der Waals surface area contributed by atoms with Crippen LogP contribution in [0, 0.1) is 19.8 Å². The minimum absolute atomic E-state index is 0.00232. The second-order valence-electron chi connectivity index (χ2n) is 7.10. The summed E-state index contributed by atoms with van der Waals surface area (Å²) in [4.78, 5) is 24.4. The zero-order valence-corrected chi connectivity index (χ0v) is 16.3. The van der Waals surface area contributed by atoms with Crippen LogP contribution in [0.2, 0.25) is 5.02 Å². The lowest BCUT2D eigenvalue weighted by Crippen LogP contribution is -2.29. The molecule has 0 amide bonds. The molecular weight excluding hydrogens is 380 g/mol. The number of aryl methyl sites for hydroxylation is 2. The quantitative estimate of drug-likeness (QED) is 0.484. The van der Waals surface area contributed by atoms with Crippen LogP contribution in [0.3, 0.4) is 0 Å². The van der Waals surface area contributed by atoms with Gasteiger partial charge in [-0.2, -0.15) is 0 Å². The second kappa shape index (κ2) is 7.32. The molecule has 0 saturated heterocycles. The van der Waals surface area contributed by atoms with Crippen molar-refractivity contribution >= 4 is 28.5 Å². The molecule has 3 aromatic rings. The van der Waals surface area contributed by atoms with Gasteiger partial charge in [-0.05, 0) is 67.3 Å². The number of rotatable bonds is 3. The largest absolute Gasteiger partial charge is 0.492 e. The number of benzene rings is 2. The molecule has 0 N–H and O–H groups in total. The molecule has 1 aliphatic rings. The maximum atomic E-state index is 12.6. The molecular formula is C22H19ClO5. The van der Waals surface area contributed by atoms with E-state index in [1.165, 1.54) is 6.07 Å². The smallest absolute Gasteiger partial charge is 0.336 e. The fourth-order valence-corrected chi connectivity index (χ4v) is 3.58. The van der Waals surface area contributed by atoms with E-state index in [1.807, 2.05) is 26.0 Å². The number of fused-ring (bicyclic) bond motifs is 2. The third kappa shape index (κ3) is 3.62. The van der Waals surface area contributed by atoms with E-state index < -0.39 is 11.5 Å². The molecule has 2 aromatic carbocycles. The summed E-state index contributed by atoms with van der Waals surface area (Å²) in [7, 11) is 0. The van der Waals surface area contributed by atoms with Crippen LogP contribution >= 0.6 is 11.6 Å². The Labute approximate surface area is 166 Å². The first-order valence-corrected chi connectivity index (χ1v) is 9.40. The van der Waals surface area contributed by atoms with E-state index in [1.54, 1.807) is 18.2 Å². The highest BCUT2D eigenvalue weighted by Gasteiger charge is 2.27. The molecule has 6 heteroatoms. The third-order valence-electron chi connectivity index (χ3n) is 5.08. The number of ether oxygens (including phenoxy) is 2. The van der Waals surface area contributed by atoms with Crippen molar-refractivity contribution in [2.24, 2.45) is 5.92 Å². The summed E-state index contributed by atoms with van der Waals surface area (Å²) in [6, 6.07) is 10.5. The van der Waals surface area contributed by atoms with Crippen molar-refractivity contribution in [3.63, 3.8) is 0 Å². The Morgan fingerprint density at radius 1 is 1.18 bits per heavy atom. The van der Waals surface area contributed by atoms with Gasteiger partial charge in [0, 0.05) is 22.0 Å². The zero-order valence-electron chi connectivity index (χ0n) is 15.6. The SMILES string of the molecule is Cc1cc2oc(=O)cc(COC(=O)[C@H]3COc4ccc(Cl)cc4C3)c2cc1C. The van der Waals surface area contributed by atoms with Crippen molar-refractivity contribution in [3.05, 3.63) is 74.1 Å². The van der Waals surface area contributed by atoms with Gasteiger partial charge in [0.25, 0.3) is 0 Å². The van der Waals surface area contributed by atoms with Gasteiger partial charge in [-0.3, -0.25) is 4.79 Å². The van der Waals surface area contributed by atoms with E-state index in [0.717, 1.165) is 27.8 Å². The van der Waals surface area contributed by atoms with E-state index in [-0.39, 0.29) is 19.2 Å². The fourth-order valence-electron chi connectivity index (χ4n) is 3.38. The maximum absolute atomic E-state index is 12.6. The van der Waals surface area contributed by atoms with Crippen LogP contribution in [0.4, 0.5) is 0 Å². The number of halogens is 1. The molecule has 0 saturated carbocycles. The van der Waals surface area contributed by atoms with E-state index in [0.29, 0.717) is 22.6 Å². The predicted octanol–water partition coefficient (Wildman–Crippen LogP) is 4.36. The zero-order chi connectivity index (χ0) is 19.8. The van der Waals surface area contributed by atoms with E-state index >= 15 is 0 Å². The first kappa shape index (κ1) is 18.6. The average molecular weight is 399 g/mol. The van der Waals surface area contributed by atoms with Gasteiger partial charge < -0.3 is 13.9 Å². The third-order valence-corrected chi connectivity index (χ3v) is 5.31. The lowest BCUT2D eigenvalue weighted by Gasteiger charge is -2.24. The molecule has 1 aliphatic heterocycles.